The van der Waals surface area contributed by atoms with Crippen molar-refractivity contribution in [3.8, 4) is 0 Å². The van der Waals surface area contributed by atoms with Crippen LogP contribution in [-0.2, 0) is 15.8 Å². The fourth-order valence-electron chi connectivity index (χ4n) is 2.82. The van der Waals surface area contributed by atoms with E-state index in [2.05, 4.69) is 30.3 Å². The van der Waals surface area contributed by atoms with Gasteiger partial charge in [0.1, 0.15) is 34.9 Å². The summed E-state index contributed by atoms with van der Waals surface area (Å²) in [6, 6.07) is 8.11. The SMILES string of the molecule is Cc1ccnc(Nc2cc(NCCNS(=O)(=O)Cc3cc(F)cc(F)c3)nc(C)n2)c1. The normalized spacial score (nSPS) is 11.4. The first kappa shape index (κ1) is 22.5. The Morgan fingerprint density at radius 1 is 0.903 bits per heavy atom. The predicted molar refractivity (Wildman–Crippen MR) is 114 cm³/mol. The molecule has 0 bridgehead atoms. The van der Waals surface area contributed by atoms with Gasteiger partial charge in [-0.3, -0.25) is 0 Å². The van der Waals surface area contributed by atoms with Crippen LogP contribution in [0, 0.1) is 25.5 Å². The number of aryl methyl sites for hydroxylation is 2. The summed E-state index contributed by atoms with van der Waals surface area (Å²) < 4.78 is 53.1. The number of hydrogen-bond acceptors (Lipinski definition) is 7. The molecule has 2 heterocycles. The summed E-state index contributed by atoms with van der Waals surface area (Å²) in [7, 11) is -3.76. The maximum atomic E-state index is 13.2. The molecule has 31 heavy (non-hydrogen) atoms. The first-order chi connectivity index (χ1) is 14.7. The minimum absolute atomic E-state index is 0.0323. The van der Waals surface area contributed by atoms with E-state index < -0.39 is 27.4 Å². The van der Waals surface area contributed by atoms with Crippen LogP contribution in [0.2, 0.25) is 0 Å². The molecule has 0 aliphatic heterocycles. The van der Waals surface area contributed by atoms with Gasteiger partial charge in [0, 0.05) is 31.4 Å². The van der Waals surface area contributed by atoms with Crippen LogP contribution < -0.4 is 15.4 Å². The van der Waals surface area contributed by atoms with Crippen molar-refractivity contribution in [3.63, 3.8) is 0 Å². The number of anilines is 3. The first-order valence-electron chi connectivity index (χ1n) is 9.40. The highest BCUT2D eigenvalue weighted by Gasteiger charge is 2.13. The average Bonchev–Trinajstić information content (AvgIpc) is 2.63. The Balaban J connectivity index is 1.54. The molecule has 0 radical (unpaired) electrons. The molecule has 1 aromatic carbocycles. The maximum absolute atomic E-state index is 13.2. The second kappa shape index (κ2) is 9.75. The van der Waals surface area contributed by atoms with Crippen LogP contribution in [0.3, 0.4) is 0 Å². The highest BCUT2D eigenvalue weighted by Crippen LogP contribution is 2.16. The molecule has 11 heteroatoms. The lowest BCUT2D eigenvalue weighted by Crippen LogP contribution is -2.30. The topological polar surface area (TPSA) is 109 Å². The second-order valence-corrected chi connectivity index (χ2v) is 8.69. The van der Waals surface area contributed by atoms with Crippen molar-refractivity contribution in [1.29, 1.82) is 0 Å². The molecule has 0 saturated heterocycles. The smallest absolute Gasteiger partial charge is 0.215 e. The number of nitrogens with one attached hydrogen (secondary N) is 3. The standard InChI is InChI=1S/C20H22F2N6O2S/c1-13-3-4-23-18(7-13)28-20-11-19(26-14(2)27-20)24-5-6-25-31(29,30)12-15-8-16(21)10-17(22)9-15/h3-4,7-11,25H,5-6,12H2,1-2H3,(H2,23,24,26,27,28). The zero-order chi connectivity index (χ0) is 22.4. The number of rotatable bonds is 9. The third-order valence-corrected chi connectivity index (χ3v) is 5.40. The van der Waals surface area contributed by atoms with E-state index in [0.717, 1.165) is 17.7 Å². The predicted octanol–water partition coefficient (Wildman–Crippen LogP) is 3.04. The van der Waals surface area contributed by atoms with Gasteiger partial charge < -0.3 is 10.6 Å². The summed E-state index contributed by atoms with van der Waals surface area (Å²) in [5, 5.41) is 6.12. The monoisotopic (exact) mass is 448 g/mol. The van der Waals surface area contributed by atoms with Gasteiger partial charge in [-0.05, 0) is 49.2 Å². The quantitative estimate of drug-likeness (QED) is 0.432. The Morgan fingerprint density at radius 2 is 1.61 bits per heavy atom. The fraction of sp³-hybridized carbons (Fsp3) is 0.250. The van der Waals surface area contributed by atoms with Gasteiger partial charge in [0.25, 0.3) is 0 Å². The summed E-state index contributed by atoms with van der Waals surface area (Å²) in [6.07, 6.45) is 1.69. The Bertz CT molecular complexity index is 1150. The fourth-order valence-corrected chi connectivity index (χ4v) is 3.94. The summed E-state index contributed by atoms with van der Waals surface area (Å²) >= 11 is 0. The molecule has 0 aliphatic carbocycles. The summed E-state index contributed by atoms with van der Waals surface area (Å²) in [5.41, 5.74) is 1.08. The summed E-state index contributed by atoms with van der Waals surface area (Å²) in [5.74, 6) is 0.0501. The maximum Gasteiger partial charge on any atom is 0.215 e. The Hall–Kier alpha value is -3.18. The van der Waals surface area contributed by atoms with Crippen LogP contribution in [0.25, 0.3) is 0 Å². The number of halogens is 2. The molecule has 0 amide bonds. The lowest BCUT2D eigenvalue weighted by atomic mass is 10.2. The molecule has 2 aromatic heterocycles. The first-order valence-corrected chi connectivity index (χ1v) is 11.1. The van der Waals surface area contributed by atoms with Crippen molar-refractivity contribution in [2.24, 2.45) is 0 Å². The van der Waals surface area contributed by atoms with E-state index in [1.165, 1.54) is 0 Å². The van der Waals surface area contributed by atoms with Gasteiger partial charge >= 0.3 is 0 Å². The molecule has 0 atom stereocenters. The third kappa shape index (κ3) is 7.23. The Morgan fingerprint density at radius 3 is 2.32 bits per heavy atom. The zero-order valence-electron chi connectivity index (χ0n) is 17.0. The van der Waals surface area contributed by atoms with Crippen LogP contribution >= 0.6 is 0 Å². The molecule has 0 aliphatic rings. The molecule has 0 saturated carbocycles. The van der Waals surface area contributed by atoms with E-state index in [1.54, 1.807) is 19.2 Å². The van der Waals surface area contributed by atoms with Crippen molar-refractivity contribution in [2.75, 3.05) is 23.7 Å². The largest absolute Gasteiger partial charge is 0.369 e. The molecular formula is C20H22F2N6O2S. The van der Waals surface area contributed by atoms with E-state index in [4.69, 9.17) is 0 Å². The molecule has 3 N–H and O–H groups in total. The van der Waals surface area contributed by atoms with Gasteiger partial charge in [-0.25, -0.2) is 36.9 Å². The zero-order valence-corrected chi connectivity index (χ0v) is 17.8. The van der Waals surface area contributed by atoms with Gasteiger partial charge in [-0.15, -0.1) is 0 Å². The van der Waals surface area contributed by atoms with Gasteiger partial charge in [0.05, 0.1) is 5.75 Å². The number of hydrogen-bond donors (Lipinski definition) is 3. The molecule has 0 fully saturated rings. The van der Waals surface area contributed by atoms with Crippen LogP contribution in [0.4, 0.5) is 26.2 Å². The molecule has 0 unspecified atom stereocenters. The number of benzene rings is 1. The summed E-state index contributed by atoms with van der Waals surface area (Å²) in [4.78, 5) is 12.8. The lowest BCUT2D eigenvalue weighted by Gasteiger charge is -2.11. The minimum atomic E-state index is -3.76. The lowest BCUT2D eigenvalue weighted by molar-refractivity contribution is 0.575. The minimum Gasteiger partial charge on any atom is -0.369 e. The van der Waals surface area contributed by atoms with E-state index in [-0.39, 0.29) is 18.7 Å². The Labute approximate surface area is 179 Å². The Kier molecular flexibility index (Phi) is 7.08. The molecule has 164 valence electrons. The highest BCUT2D eigenvalue weighted by atomic mass is 32.2. The highest BCUT2D eigenvalue weighted by molar-refractivity contribution is 7.88. The molecule has 8 nitrogen and oxygen atoms in total. The van der Waals surface area contributed by atoms with Crippen molar-refractivity contribution in [2.45, 2.75) is 19.6 Å². The molecule has 3 rings (SSSR count). The average molecular weight is 448 g/mol. The number of nitrogens with zero attached hydrogens (tertiary/aromatic N) is 3. The third-order valence-electron chi connectivity index (χ3n) is 4.04. The van der Waals surface area contributed by atoms with Gasteiger partial charge in [-0.2, -0.15) is 0 Å². The van der Waals surface area contributed by atoms with Crippen LogP contribution in [0.1, 0.15) is 17.0 Å². The number of aromatic nitrogens is 3. The number of sulfonamides is 1. The number of pyridine rings is 1. The van der Waals surface area contributed by atoms with Crippen molar-refractivity contribution in [1.82, 2.24) is 19.7 Å². The van der Waals surface area contributed by atoms with E-state index in [0.29, 0.717) is 29.3 Å². The summed E-state index contributed by atoms with van der Waals surface area (Å²) in [6.45, 7) is 4.00. The van der Waals surface area contributed by atoms with E-state index in [9.17, 15) is 17.2 Å². The van der Waals surface area contributed by atoms with Gasteiger partial charge in [0.15, 0.2) is 0 Å². The van der Waals surface area contributed by atoms with E-state index >= 15 is 0 Å². The molecule has 0 spiro atoms. The van der Waals surface area contributed by atoms with Crippen LogP contribution in [0.5, 0.6) is 0 Å². The second-order valence-electron chi connectivity index (χ2n) is 6.89. The van der Waals surface area contributed by atoms with Crippen LogP contribution in [-0.4, -0.2) is 36.5 Å². The molecular weight excluding hydrogens is 426 g/mol. The van der Waals surface area contributed by atoms with Crippen LogP contribution in [0.15, 0.2) is 42.6 Å². The van der Waals surface area contributed by atoms with Gasteiger partial charge in [-0.1, -0.05) is 0 Å². The van der Waals surface area contributed by atoms with Crippen molar-refractivity contribution >= 4 is 27.5 Å². The van der Waals surface area contributed by atoms with Crippen molar-refractivity contribution < 1.29 is 17.2 Å². The van der Waals surface area contributed by atoms with Crippen molar-refractivity contribution in [3.05, 3.63) is 71.2 Å². The molecule has 3 aromatic rings. The van der Waals surface area contributed by atoms with Gasteiger partial charge in [0.2, 0.25) is 10.0 Å². The van der Waals surface area contributed by atoms with E-state index in [1.807, 2.05) is 19.1 Å².